The lowest BCUT2D eigenvalue weighted by molar-refractivity contribution is -0.115. The van der Waals surface area contributed by atoms with E-state index in [9.17, 15) is 4.79 Å². The summed E-state index contributed by atoms with van der Waals surface area (Å²) in [7, 11) is 0. The van der Waals surface area contributed by atoms with E-state index in [-0.39, 0.29) is 5.91 Å². The molecule has 1 N–H and O–H groups in total. The molecule has 0 aliphatic rings. The van der Waals surface area contributed by atoms with Crippen LogP contribution < -0.4 is 5.32 Å². The number of carbonyl (C=O) groups is 1. The van der Waals surface area contributed by atoms with Crippen LogP contribution in [0.25, 0.3) is 0 Å². The molecule has 0 bridgehead atoms. The summed E-state index contributed by atoms with van der Waals surface area (Å²) in [6, 6.07) is 0. The lowest BCUT2D eigenvalue weighted by Gasteiger charge is -1.98. The van der Waals surface area contributed by atoms with Crippen molar-refractivity contribution in [2.45, 2.75) is 20.3 Å². The minimum absolute atomic E-state index is 0.0698. The zero-order chi connectivity index (χ0) is 11.5. The summed E-state index contributed by atoms with van der Waals surface area (Å²) in [5.74, 6) is -0.0698. The predicted octanol–water partition coefficient (Wildman–Crippen LogP) is 2.40. The van der Waals surface area contributed by atoms with E-state index in [1.54, 1.807) is 17.5 Å². The van der Waals surface area contributed by atoms with Gasteiger partial charge in [-0.1, -0.05) is 0 Å². The largest absolute Gasteiger partial charge is 0.302 e. The van der Waals surface area contributed by atoms with Crippen LogP contribution in [-0.2, 0) is 11.2 Å². The Balaban J connectivity index is 1.94. The Morgan fingerprint density at radius 3 is 2.88 bits per heavy atom. The molecule has 2 heterocycles. The summed E-state index contributed by atoms with van der Waals surface area (Å²) in [5, 5.41) is 6.29. The average Bonchev–Trinajstić information content (AvgIpc) is 2.76. The van der Waals surface area contributed by atoms with E-state index >= 15 is 0 Å². The van der Waals surface area contributed by atoms with Crippen LogP contribution in [0.2, 0.25) is 0 Å². The van der Waals surface area contributed by atoms with Crippen LogP contribution in [0.3, 0.4) is 0 Å². The number of amides is 1. The lowest BCUT2D eigenvalue weighted by Crippen LogP contribution is -2.14. The van der Waals surface area contributed by atoms with Crippen molar-refractivity contribution in [1.29, 1.82) is 0 Å². The standard InChI is InChI=1S/C10H11N3OS2/c1-6-4-11-10(16-6)13-9(14)3-8-5-15-7(2)12-8/h4-5H,3H2,1-2H3,(H,11,13,14). The van der Waals surface area contributed by atoms with Crippen molar-refractivity contribution in [3.8, 4) is 0 Å². The highest BCUT2D eigenvalue weighted by molar-refractivity contribution is 7.15. The Labute approximate surface area is 101 Å². The maximum absolute atomic E-state index is 11.6. The van der Waals surface area contributed by atoms with Gasteiger partial charge in [0.2, 0.25) is 5.91 Å². The summed E-state index contributed by atoms with van der Waals surface area (Å²) in [4.78, 5) is 21.0. The van der Waals surface area contributed by atoms with Gasteiger partial charge in [0, 0.05) is 16.5 Å². The quantitative estimate of drug-likeness (QED) is 0.913. The van der Waals surface area contributed by atoms with Gasteiger partial charge < -0.3 is 5.32 Å². The summed E-state index contributed by atoms with van der Waals surface area (Å²) in [6.45, 7) is 3.88. The molecule has 0 aliphatic carbocycles. The molecule has 0 saturated heterocycles. The smallest absolute Gasteiger partial charge is 0.232 e. The molecule has 0 fully saturated rings. The molecule has 4 nitrogen and oxygen atoms in total. The van der Waals surface area contributed by atoms with Gasteiger partial charge in [-0.05, 0) is 13.8 Å². The van der Waals surface area contributed by atoms with Gasteiger partial charge in [0.05, 0.1) is 17.1 Å². The van der Waals surface area contributed by atoms with Crippen molar-refractivity contribution in [2.75, 3.05) is 5.32 Å². The van der Waals surface area contributed by atoms with E-state index in [1.165, 1.54) is 11.3 Å². The molecule has 0 aliphatic heterocycles. The second-order valence-corrected chi connectivity index (χ2v) is 5.66. The number of hydrogen-bond donors (Lipinski definition) is 1. The predicted molar refractivity (Wildman–Crippen MR) is 66.0 cm³/mol. The number of aryl methyl sites for hydroxylation is 2. The molecule has 0 spiro atoms. The summed E-state index contributed by atoms with van der Waals surface area (Å²) >= 11 is 3.02. The van der Waals surface area contributed by atoms with Crippen LogP contribution in [0.5, 0.6) is 0 Å². The van der Waals surface area contributed by atoms with Crippen molar-refractivity contribution < 1.29 is 4.79 Å². The van der Waals surface area contributed by atoms with Gasteiger partial charge in [0.1, 0.15) is 0 Å². The van der Waals surface area contributed by atoms with Crippen LogP contribution in [-0.4, -0.2) is 15.9 Å². The molecule has 84 valence electrons. The number of anilines is 1. The van der Waals surface area contributed by atoms with Crippen LogP contribution in [0.15, 0.2) is 11.6 Å². The normalized spacial score (nSPS) is 10.4. The first-order valence-corrected chi connectivity index (χ1v) is 6.46. The molecule has 2 rings (SSSR count). The third kappa shape index (κ3) is 2.86. The second-order valence-electron chi connectivity index (χ2n) is 3.36. The minimum atomic E-state index is -0.0698. The van der Waals surface area contributed by atoms with E-state index in [0.717, 1.165) is 15.6 Å². The molecule has 16 heavy (non-hydrogen) atoms. The summed E-state index contributed by atoms with van der Waals surface area (Å²) < 4.78 is 0. The fourth-order valence-corrected chi connectivity index (χ4v) is 2.52. The highest BCUT2D eigenvalue weighted by Crippen LogP contribution is 2.17. The molecule has 0 saturated carbocycles. The number of aromatic nitrogens is 2. The number of carbonyl (C=O) groups excluding carboxylic acids is 1. The number of hydrogen-bond acceptors (Lipinski definition) is 5. The number of thiazole rings is 2. The van der Waals surface area contributed by atoms with Gasteiger partial charge >= 0.3 is 0 Å². The maximum Gasteiger partial charge on any atom is 0.232 e. The van der Waals surface area contributed by atoms with Crippen molar-refractivity contribution in [3.05, 3.63) is 27.2 Å². The van der Waals surface area contributed by atoms with Crippen molar-refractivity contribution >= 4 is 33.7 Å². The van der Waals surface area contributed by atoms with Gasteiger partial charge in [-0.15, -0.1) is 22.7 Å². The molecular weight excluding hydrogens is 242 g/mol. The average molecular weight is 253 g/mol. The van der Waals surface area contributed by atoms with Crippen molar-refractivity contribution in [3.63, 3.8) is 0 Å². The highest BCUT2D eigenvalue weighted by Gasteiger charge is 2.08. The zero-order valence-electron chi connectivity index (χ0n) is 8.98. The Hall–Kier alpha value is -1.27. The SMILES string of the molecule is Cc1cnc(NC(=O)Cc2csc(C)n2)s1. The highest BCUT2D eigenvalue weighted by atomic mass is 32.1. The molecule has 0 radical (unpaired) electrons. The molecule has 0 atom stereocenters. The molecule has 6 heteroatoms. The van der Waals surface area contributed by atoms with Gasteiger partial charge in [0.15, 0.2) is 5.13 Å². The molecule has 1 amide bonds. The van der Waals surface area contributed by atoms with Crippen molar-refractivity contribution in [2.24, 2.45) is 0 Å². The van der Waals surface area contributed by atoms with Crippen molar-refractivity contribution in [1.82, 2.24) is 9.97 Å². The van der Waals surface area contributed by atoms with E-state index in [1.807, 2.05) is 19.2 Å². The first kappa shape index (κ1) is 11.2. The Morgan fingerprint density at radius 2 is 2.31 bits per heavy atom. The molecule has 2 aromatic rings. The summed E-state index contributed by atoms with van der Waals surface area (Å²) in [6.07, 6.45) is 2.05. The van der Waals surface area contributed by atoms with E-state index in [0.29, 0.717) is 11.6 Å². The topological polar surface area (TPSA) is 54.9 Å². The zero-order valence-corrected chi connectivity index (χ0v) is 10.6. The summed E-state index contributed by atoms with van der Waals surface area (Å²) in [5.41, 5.74) is 0.813. The van der Waals surface area contributed by atoms with Crippen LogP contribution in [0.4, 0.5) is 5.13 Å². The number of nitrogens with zero attached hydrogens (tertiary/aromatic N) is 2. The van der Waals surface area contributed by atoms with E-state index < -0.39 is 0 Å². The molecule has 0 aromatic carbocycles. The molecule has 2 aromatic heterocycles. The Bertz CT molecular complexity index is 459. The first-order chi connectivity index (χ1) is 7.63. The van der Waals surface area contributed by atoms with E-state index in [4.69, 9.17) is 0 Å². The maximum atomic E-state index is 11.6. The van der Waals surface area contributed by atoms with Crippen LogP contribution >= 0.6 is 22.7 Å². The monoisotopic (exact) mass is 253 g/mol. The Kier molecular flexibility index (Phi) is 3.31. The fourth-order valence-electron chi connectivity index (χ4n) is 1.23. The third-order valence-electron chi connectivity index (χ3n) is 1.88. The second kappa shape index (κ2) is 4.71. The lowest BCUT2D eigenvalue weighted by atomic mass is 10.3. The van der Waals surface area contributed by atoms with Gasteiger partial charge in [0.25, 0.3) is 0 Å². The first-order valence-electron chi connectivity index (χ1n) is 4.77. The van der Waals surface area contributed by atoms with Gasteiger partial charge in [-0.3, -0.25) is 4.79 Å². The minimum Gasteiger partial charge on any atom is -0.302 e. The number of rotatable bonds is 3. The van der Waals surface area contributed by atoms with Crippen LogP contribution in [0.1, 0.15) is 15.6 Å². The van der Waals surface area contributed by atoms with Gasteiger partial charge in [-0.25, -0.2) is 9.97 Å². The Morgan fingerprint density at radius 1 is 1.50 bits per heavy atom. The fraction of sp³-hybridized carbons (Fsp3) is 0.300. The van der Waals surface area contributed by atoms with Crippen LogP contribution in [0, 0.1) is 13.8 Å². The number of nitrogens with one attached hydrogen (secondary N) is 1. The van der Waals surface area contributed by atoms with E-state index in [2.05, 4.69) is 15.3 Å². The molecule has 0 unspecified atom stereocenters. The third-order valence-corrected chi connectivity index (χ3v) is 3.53. The molecular formula is C10H11N3OS2. The van der Waals surface area contributed by atoms with Gasteiger partial charge in [-0.2, -0.15) is 0 Å².